The molecule has 0 unspecified atom stereocenters. The fourth-order valence-corrected chi connectivity index (χ4v) is 3.69. The Balaban J connectivity index is 1.66. The third-order valence-electron chi connectivity index (χ3n) is 5.05. The Kier molecular flexibility index (Phi) is 5.91. The molecule has 2 aliphatic rings. The molecule has 140 valence electrons. The number of benzene rings is 1. The number of hydrogen-bond acceptors (Lipinski definition) is 4. The molecule has 1 atom stereocenters. The Hall–Kier alpha value is -2.37. The highest BCUT2D eigenvalue weighted by Crippen LogP contribution is 2.21. The second-order valence-electron chi connectivity index (χ2n) is 6.96. The van der Waals surface area contributed by atoms with Crippen molar-refractivity contribution in [2.45, 2.75) is 39.2 Å². The van der Waals surface area contributed by atoms with Gasteiger partial charge in [0.25, 0.3) is 5.91 Å². The number of amides is 2. The summed E-state index contributed by atoms with van der Waals surface area (Å²) in [6.07, 6.45) is 3.08. The molecule has 0 aliphatic carbocycles. The van der Waals surface area contributed by atoms with E-state index in [4.69, 9.17) is 4.74 Å². The smallest absolute Gasteiger partial charge is 0.310 e. The van der Waals surface area contributed by atoms with Crippen molar-refractivity contribution < 1.29 is 19.1 Å². The standard InChI is InChI=1S/C20H26N2O4/c1-2-26-20(25)17-8-4-11-22(14-17)19(24)16-7-3-6-15(12-16)13-21-10-5-9-18(21)23/h3,6-7,12,17H,2,4-5,8-11,13-14H2,1H3/t17-/m0/s1. The number of esters is 1. The van der Waals surface area contributed by atoms with Crippen molar-refractivity contribution in [1.82, 2.24) is 9.80 Å². The summed E-state index contributed by atoms with van der Waals surface area (Å²) in [5.74, 6) is -0.340. The molecule has 0 saturated carbocycles. The molecule has 6 nitrogen and oxygen atoms in total. The zero-order chi connectivity index (χ0) is 18.5. The molecule has 1 aromatic rings. The van der Waals surface area contributed by atoms with Crippen molar-refractivity contribution in [3.8, 4) is 0 Å². The van der Waals surface area contributed by atoms with Gasteiger partial charge in [-0.25, -0.2) is 0 Å². The normalized spacial score (nSPS) is 20.3. The lowest BCUT2D eigenvalue weighted by molar-refractivity contribution is -0.149. The maximum absolute atomic E-state index is 12.9. The van der Waals surface area contributed by atoms with E-state index in [2.05, 4.69) is 0 Å². The molecule has 0 aromatic heterocycles. The zero-order valence-electron chi connectivity index (χ0n) is 15.3. The molecule has 6 heteroatoms. The Bertz CT molecular complexity index is 688. The highest BCUT2D eigenvalue weighted by atomic mass is 16.5. The fourth-order valence-electron chi connectivity index (χ4n) is 3.69. The van der Waals surface area contributed by atoms with Crippen LogP contribution in [0.5, 0.6) is 0 Å². The van der Waals surface area contributed by atoms with Crippen molar-refractivity contribution in [2.75, 3.05) is 26.2 Å². The predicted molar refractivity (Wildman–Crippen MR) is 96.4 cm³/mol. The molecule has 1 aromatic carbocycles. The van der Waals surface area contributed by atoms with Crippen molar-refractivity contribution >= 4 is 17.8 Å². The summed E-state index contributed by atoms with van der Waals surface area (Å²) in [5.41, 5.74) is 1.57. The van der Waals surface area contributed by atoms with Gasteiger partial charge in [0, 0.05) is 38.2 Å². The monoisotopic (exact) mass is 358 g/mol. The van der Waals surface area contributed by atoms with Crippen LogP contribution in [0.15, 0.2) is 24.3 Å². The highest BCUT2D eigenvalue weighted by Gasteiger charge is 2.30. The van der Waals surface area contributed by atoms with Crippen LogP contribution in [0, 0.1) is 5.92 Å². The van der Waals surface area contributed by atoms with Crippen molar-refractivity contribution in [3.05, 3.63) is 35.4 Å². The predicted octanol–water partition coefficient (Wildman–Crippen LogP) is 2.22. The number of piperidine rings is 1. The van der Waals surface area contributed by atoms with Crippen LogP contribution in [0.3, 0.4) is 0 Å². The molecule has 2 aliphatic heterocycles. The topological polar surface area (TPSA) is 66.9 Å². The van der Waals surface area contributed by atoms with Crippen molar-refractivity contribution in [2.24, 2.45) is 5.92 Å². The van der Waals surface area contributed by atoms with Crippen molar-refractivity contribution in [1.29, 1.82) is 0 Å². The van der Waals surface area contributed by atoms with Gasteiger partial charge < -0.3 is 14.5 Å². The minimum Gasteiger partial charge on any atom is -0.466 e. The molecule has 3 rings (SSSR count). The second kappa shape index (κ2) is 8.34. The molecule has 2 heterocycles. The van der Waals surface area contributed by atoms with Gasteiger partial charge in [0.2, 0.25) is 5.91 Å². The van der Waals surface area contributed by atoms with E-state index in [1.807, 2.05) is 23.1 Å². The third-order valence-corrected chi connectivity index (χ3v) is 5.05. The lowest BCUT2D eigenvalue weighted by Crippen LogP contribution is -2.42. The summed E-state index contributed by atoms with van der Waals surface area (Å²) in [5, 5.41) is 0. The van der Waals surface area contributed by atoms with E-state index in [1.165, 1.54) is 0 Å². The van der Waals surface area contributed by atoms with Gasteiger partial charge in [0.1, 0.15) is 0 Å². The van der Waals surface area contributed by atoms with Crippen LogP contribution in [0.1, 0.15) is 48.5 Å². The summed E-state index contributed by atoms with van der Waals surface area (Å²) in [6, 6.07) is 7.46. The average Bonchev–Trinajstić information content (AvgIpc) is 3.06. The third kappa shape index (κ3) is 4.23. The van der Waals surface area contributed by atoms with Gasteiger partial charge in [-0.1, -0.05) is 12.1 Å². The van der Waals surface area contributed by atoms with Gasteiger partial charge in [-0.2, -0.15) is 0 Å². The molecule has 0 N–H and O–H groups in total. The van der Waals surface area contributed by atoms with E-state index in [-0.39, 0.29) is 23.7 Å². The molecular weight excluding hydrogens is 332 g/mol. The molecule has 2 amide bonds. The van der Waals surface area contributed by atoms with Gasteiger partial charge in [-0.15, -0.1) is 0 Å². The zero-order valence-corrected chi connectivity index (χ0v) is 15.3. The lowest BCUT2D eigenvalue weighted by Gasteiger charge is -2.31. The van der Waals surface area contributed by atoms with Gasteiger partial charge in [0.15, 0.2) is 0 Å². The molecule has 0 spiro atoms. The minimum atomic E-state index is -0.238. The molecular formula is C20H26N2O4. The first-order valence-corrected chi connectivity index (χ1v) is 9.41. The Morgan fingerprint density at radius 2 is 2.08 bits per heavy atom. The van der Waals surface area contributed by atoms with Crippen LogP contribution in [0.25, 0.3) is 0 Å². The summed E-state index contributed by atoms with van der Waals surface area (Å²) in [6.45, 7) is 4.55. The second-order valence-corrected chi connectivity index (χ2v) is 6.96. The molecule has 0 radical (unpaired) electrons. The van der Waals surface area contributed by atoms with Gasteiger partial charge in [-0.3, -0.25) is 14.4 Å². The Morgan fingerprint density at radius 1 is 1.23 bits per heavy atom. The van der Waals surface area contributed by atoms with Gasteiger partial charge in [0.05, 0.1) is 12.5 Å². The van der Waals surface area contributed by atoms with Gasteiger partial charge >= 0.3 is 5.97 Å². The van der Waals surface area contributed by atoms with E-state index in [9.17, 15) is 14.4 Å². The maximum Gasteiger partial charge on any atom is 0.310 e. The number of likely N-dealkylation sites (tertiary alicyclic amines) is 2. The first-order chi connectivity index (χ1) is 12.6. The van der Waals surface area contributed by atoms with E-state index < -0.39 is 0 Å². The summed E-state index contributed by atoms with van der Waals surface area (Å²) in [4.78, 5) is 40.2. The van der Waals surface area contributed by atoms with Crippen LogP contribution in [0.2, 0.25) is 0 Å². The van der Waals surface area contributed by atoms with Crippen LogP contribution in [-0.4, -0.2) is 53.8 Å². The van der Waals surface area contributed by atoms with Gasteiger partial charge in [-0.05, 0) is 43.9 Å². The molecule has 26 heavy (non-hydrogen) atoms. The number of carbonyl (C=O) groups excluding carboxylic acids is 3. The minimum absolute atomic E-state index is 0.0615. The van der Waals surface area contributed by atoms with E-state index in [0.717, 1.165) is 31.4 Å². The highest BCUT2D eigenvalue weighted by molar-refractivity contribution is 5.94. The molecule has 0 bridgehead atoms. The van der Waals surface area contributed by atoms with Crippen molar-refractivity contribution in [3.63, 3.8) is 0 Å². The fraction of sp³-hybridized carbons (Fsp3) is 0.550. The summed E-state index contributed by atoms with van der Waals surface area (Å²) in [7, 11) is 0. The molecule has 2 fully saturated rings. The number of rotatable bonds is 5. The molecule has 2 saturated heterocycles. The number of ether oxygens (including phenoxy) is 1. The summed E-state index contributed by atoms with van der Waals surface area (Å²) < 4.78 is 5.10. The van der Waals surface area contributed by atoms with E-state index in [1.54, 1.807) is 17.9 Å². The Labute approximate surface area is 154 Å². The quantitative estimate of drug-likeness (QED) is 0.757. The number of nitrogens with zero attached hydrogens (tertiary/aromatic N) is 2. The number of carbonyl (C=O) groups is 3. The van der Waals surface area contributed by atoms with Crippen LogP contribution in [-0.2, 0) is 20.9 Å². The SMILES string of the molecule is CCOC(=O)[C@H]1CCCN(C(=O)c2cccc(CN3CCCC3=O)c2)C1. The largest absolute Gasteiger partial charge is 0.466 e. The first-order valence-electron chi connectivity index (χ1n) is 9.41. The summed E-state index contributed by atoms with van der Waals surface area (Å²) >= 11 is 0. The van der Waals surface area contributed by atoms with E-state index in [0.29, 0.717) is 38.2 Å². The van der Waals surface area contributed by atoms with E-state index >= 15 is 0 Å². The van der Waals surface area contributed by atoms with Crippen LogP contribution in [0.4, 0.5) is 0 Å². The van der Waals surface area contributed by atoms with Crippen LogP contribution < -0.4 is 0 Å². The average molecular weight is 358 g/mol. The maximum atomic E-state index is 12.9. The Morgan fingerprint density at radius 3 is 2.81 bits per heavy atom. The van der Waals surface area contributed by atoms with Crippen LogP contribution >= 0.6 is 0 Å². The lowest BCUT2D eigenvalue weighted by atomic mass is 9.97. The number of hydrogen-bond donors (Lipinski definition) is 0. The first kappa shape index (κ1) is 18.4.